The van der Waals surface area contributed by atoms with Gasteiger partial charge in [0.15, 0.2) is 5.82 Å². The van der Waals surface area contributed by atoms with Gasteiger partial charge in [0.05, 0.1) is 36.9 Å². The van der Waals surface area contributed by atoms with Crippen LogP contribution in [0.3, 0.4) is 0 Å². The number of halogens is 1. The minimum Gasteiger partial charge on any atom is -0.493 e. The summed E-state index contributed by atoms with van der Waals surface area (Å²) in [7, 11) is 0. The van der Waals surface area contributed by atoms with Crippen LogP contribution in [0, 0.1) is 5.82 Å². The van der Waals surface area contributed by atoms with Gasteiger partial charge in [0.2, 0.25) is 0 Å². The number of anilines is 1. The monoisotopic (exact) mass is 526 g/mol. The average molecular weight is 527 g/mol. The Labute approximate surface area is 229 Å². The number of nitrogens with one attached hydrogen (secondary N) is 1. The van der Waals surface area contributed by atoms with Gasteiger partial charge in [0.1, 0.15) is 17.3 Å². The zero-order valence-corrected chi connectivity index (χ0v) is 22.6. The fraction of sp³-hybridized carbons (Fsp3) is 0.312. The summed E-state index contributed by atoms with van der Waals surface area (Å²) >= 11 is 0. The molecule has 6 nitrogen and oxygen atoms in total. The maximum atomic E-state index is 13.6. The van der Waals surface area contributed by atoms with E-state index >= 15 is 0 Å². The highest BCUT2D eigenvalue weighted by Crippen LogP contribution is 2.40. The molecular weight excluding hydrogens is 491 g/mol. The Hall–Kier alpha value is -3.97. The molecule has 7 heteroatoms. The van der Waals surface area contributed by atoms with E-state index in [4.69, 9.17) is 9.47 Å². The smallest absolute Gasteiger partial charge is 0.159 e. The van der Waals surface area contributed by atoms with Crippen LogP contribution in [-0.2, 0) is 6.54 Å². The second kappa shape index (κ2) is 12.7. The highest BCUT2D eigenvalue weighted by Gasteiger charge is 2.22. The summed E-state index contributed by atoms with van der Waals surface area (Å²) in [6.45, 7) is 7.79. The van der Waals surface area contributed by atoms with Crippen molar-refractivity contribution in [1.29, 1.82) is 0 Å². The Morgan fingerprint density at radius 2 is 1.46 bits per heavy atom. The fourth-order valence-electron chi connectivity index (χ4n) is 5.04. The van der Waals surface area contributed by atoms with Gasteiger partial charge in [0, 0.05) is 31.2 Å². The summed E-state index contributed by atoms with van der Waals surface area (Å²) < 4.78 is 25.7. The van der Waals surface area contributed by atoms with Gasteiger partial charge in [-0.3, -0.25) is 4.90 Å². The van der Waals surface area contributed by atoms with Gasteiger partial charge in [-0.05, 0) is 62.1 Å². The average Bonchev–Trinajstić information content (AvgIpc) is 2.96. The van der Waals surface area contributed by atoms with E-state index in [1.165, 1.54) is 12.1 Å². The molecule has 1 fully saturated rings. The first-order valence-corrected chi connectivity index (χ1v) is 13.7. The molecule has 1 aromatic heterocycles. The highest BCUT2D eigenvalue weighted by molar-refractivity contribution is 5.77. The molecule has 0 saturated carbocycles. The van der Waals surface area contributed by atoms with Crippen molar-refractivity contribution in [3.63, 3.8) is 0 Å². The number of benzene rings is 3. The van der Waals surface area contributed by atoms with E-state index in [-0.39, 0.29) is 5.82 Å². The van der Waals surface area contributed by atoms with Gasteiger partial charge in [-0.1, -0.05) is 42.5 Å². The summed E-state index contributed by atoms with van der Waals surface area (Å²) in [6.07, 6.45) is 5.80. The van der Waals surface area contributed by atoms with Crippen LogP contribution in [0.5, 0.6) is 11.5 Å². The molecule has 0 bridgehead atoms. The summed E-state index contributed by atoms with van der Waals surface area (Å²) in [5, 5.41) is 3.61. The van der Waals surface area contributed by atoms with E-state index in [0.29, 0.717) is 19.3 Å². The molecule has 0 radical (unpaired) electrons. The van der Waals surface area contributed by atoms with Crippen molar-refractivity contribution >= 4 is 5.69 Å². The number of nitrogens with zero attached hydrogens (tertiary/aromatic N) is 3. The van der Waals surface area contributed by atoms with Crippen LogP contribution in [0.4, 0.5) is 10.1 Å². The van der Waals surface area contributed by atoms with Crippen molar-refractivity contribution in [3.8, 4) is 34.0 Å². The molecule has 39 heavy (non-hydrogen) atoms. The normalized spacial score (nSPS) is 14.2. The number of aromatic nitrogens is 2. The summed E-state index contributed by atoms with van der Waals surface area (Å²) in [5.74, 6) is 2.00. The van der Waals surface area contributed by atoms with Gasteiger partial charge in [0.25, 0.3) is 0 Å². The Balaban J connectivity index is 1.23. The van der Waals surface area contributed by atoms with Crippen molar-refractivity contribution in [3.05, 3.63) is 90.5 Å². The maximum absolute atomic E-state index is 13.6. The molecule has 1 N–H and O–H groups in total. The molecule has 0 amide bonds. The maximum Gasteiger partial charge on any atom is 0.159 e. The van der Waals surface area contributed by atoms with Crippen LogP contribution in [-0.4, -0.2) is 47.2 Å². The summed E-state index contributed by atoms with van der Waals surface area (Å²) in [4.78, 5) is 11.5. The minimum absolute atomic E-state index is 0.263. The Kier molecular flexibility index (Phi) is 8.68. The molecule has 1 aliphatic heterocycles. The first-order valence-electron chi connectivity index (χ1n) is 13.7. The van der Waals surface area contributed by atoms with Gasteiger partial charge >= 0.3 is 0 Å². The molecule has 3 aromatic carbocycles. The van der Waals surface area contributed by atoms with Gasteiger partial charge in [-0.15, -0.1) is 0 Å². The lowest BCUT2D eigenvalue weighted by Crippen LogP contribution is -2.38. The number of hydrogen-bond donors (Lipinski definition) is 1. The molecule has 202 valence electrons. The van der Waals surface area contributed by atoms with Crippen molar-refractivity contribution in [2.75, 3.05) is 31.6 Å². The number of hydrogen-bond acceptors (Lipinski definition) is 6. The lowest BCUT2D eigenvalue weighted by Gasteiger charge is -2.33. The van der Waals surface area contributed by atoms with Crippen molar-refractivity contribution < 1.29 is 13.9 Å². The Bertz CT molecular complexity index is 1310. The van der Waals surface area contributed by atoms with Crippen LogP contribution in [0.25, 0.3) is 22.5 Å². The molecule has 0 unspecified atom stereocenters. The fourth-order valence-corrected chi connectivity index (χ4v) is 5.04. The highest BCUT2D eigenvalue weighted by atomic mass is 19.1. The molecule has 1 aliphatic rings. The first kappa shape index (κ1) is 26.6. The number of likely N-dealkylation sites (tertiary alicyclic amines) is 1. The predicted molar refractivity (Wildman–Crippen MR) is 154 cm³/mol. The lowest BCUT2D eigenvalue weighted by atomic mass is 9.99. The first-order chi connectivity index (χ1) is 19.1. The van der Waals surface area contributed by atoms with Crippen LogP contribution in [0.2, 0.25) is 0 Å². The SMILES string of the molecule is CCOc1cc(CN2CCC(Nc3cnc(-c4ccccc4)nc3)CC2)cc(OCC)c1-c1ccc(F)cc1. The topological polar surface area (TPSA) is 59.5 Å². The van der Waals surface area contributed by atoms with Crippen molar-refractivity contribution in [2.24, 2.45) is 0 Å². The second-order valence-electron chi connectivity index (χ2n) is 9.70. The molecule has 5 rings (SSSR count). The van der Waals surface area contributed by atoms with Gasteiger partial charge in [-0.25, -0.2) is 14.4 Å². The van der Waals surface area contributed by atoms with Gasteiger partial charge in [-0.2, -0.15) is 0 Å². The van der Waals surface area contributed by atoms with Crippen LogP contribution < -0.4 is 14.8 Å². The van der Waals surface area contributed by atoms with E-state index in [0.717, 1.165) is 77.7 Å². The van der Waals surface area contributed by atoms with E-state index in [1.807, 2.05) is 56.6 Å². The quantitative estimate of drug-likeness (QED) is 0.245. The number of ether oxygens (including phenoxy) is 2. The predicted octanol–water partition coefficient (Wildman–Crippen LogP) is 6.82. The molecular formula is C32H35FN4O2. The molecule has 2 heterocycles. The van der Waals surface area contributed by atoms with Crippen molar-refractivity contribution in [1.82, 2.24) is 14.9 Å². The van der Waals surface area contributed by atoms with E-state index in [2.05, 4.69) is 32.3 Å². The van der Waals surface area contributed by atoms with E-state index in [9.17, 15) is 4.39 Å². The second-order valence-corrected chi connectivity index (χ2v) is 9.70. The van der Waals surface area contributed by atoms with Crippen molar-refractivity contribution in [2.45, 2.75) is 39.3 Å². The molecule has 0 spiro atoms. The standard InChI is InChI=1S/C32H35FN4O2/c1-3-38-29-18-23(19-30(39-4-2)31(29)24-10-12-26(33)13-11-24)22-37-16-14-27(15-17-37)36-28-20-34-32(35-21-28)25-8-6-5-7-9-25/h5-13,18-21,27,36H,3-4,14-17,22H2,1-2H3. The van der Waals surface area contributed by atoms with Crippen LogP contribution >= 0.6 is 0 Å². The third-order valence-electron chi connectivity index (χ3n) is 6.91. The molecule has 0 aliphatic carbocycles. The molecule has 4 aromatic rings. The zero-order valence-electron chi connectivity index (χ0n) is 22.6. The summed E-state index contributed by atoms with van der Waals surface area (Å²) in [5.41, 5.74) is 4.85. The van der Waals surface area contributed by atoms with Crippen LogP contribution in [0.15, 0.2) is 79.1 Å². The number of piperidine rings is 1. The third-order valence-corrected chi connectivity index (χ3v) is 6.91. The minimum atomic E-state index is -0.263. The summed E-state index contributed by atoms with van der Waals surface area (Å²) in [6, 6.07) is 21.1. The third kappa shape index (κ3) is 6.73. The zero-order chi connectivity index (χ0) is 27.0. The van der Waals surface area contributed by atoms with Crippen LogP contribution in [0.1, 0.15) is 32.3 Å². The largest absolute Gasteiger partial charge is 0.493 e. The molecule has 1 saturated heterocycles. The molecule has 0 atom stereocenters. The van der Waals surface area contributed by atoms with E-state index < -0.39 is 0 Å². The Morgan fingerprint density at radius 1 is 0.846 bits per heavy atom. The van der Waals surface area contributed by atoms with E-state index in [1.54, 1.807) is 12.1 Å². The Morgan fingerprint density at radius 3 is 2.05 bits per heavy atom. The van der Waals surface area contributed by atoms with Gasteiger partial charge < -0.3 is 14.8 Å². The lowest BCUT2D eigenvalue weighted by molar-refractivity contribution is 0.210. The number of rotatable bonds is 10.